The molecule has 1 aliphatic carbocycles. The minimum Gasteiger partial charge on any atom is -0.280 e. The Kier molecular flexibility index (Phi) is 5.98. The third kappa shape index (κ3) is 4.62. The number of hydrogen-bond acceptors (Lipinski definition) is 4. The number of carbonyl (C=O) groups is 2. The summed E-state index contributed by atoms with van der Waals surface area (Å²) in [6.07, 6.45) is -1.32. The standard InChI is InChI=1S/C23H23F3N2O4S/c1-14-6-7-15(13-28-21(29)18-4-2-3-5-19(18)22(28)30)12-20(14)33(31,32)27-17-10-8-16(9-11-17)23(24,25)26/h6-12,18-19,27H,2-5,13H2,1H3/t18-,19+. The maximum Gasteiger partial charge on any atom is 0.416 e. The van der Waals surface area contributed by atoms with Crippen molar-refractivity contribution >= 4 is 27.5 Å². The Hall–Kier alpha value is -2.88. The number of amides is 2. The van der Waals surface area contributed by atoms with Gasteiger partial charge in [-0.3, -0.25) is 19.2 Å². The number of nitrogens with one attached hydrogen (secondary N) is 1. The Morgan fingerprint density at radius 2 is 1.55 bits per heavy atom. The van der Waals surface area contributed by atoms with Crippen LogP contribution >= 0.6 is 0 Å². The van der Waals surface area contributed by atoms with Crippen LogP contribution in [-0.4, -0.2) is 25.1 Å². The van der Waals surface area contributed by atoms with Crippen LogP contribution in [0.3, 0.4) is 0 Å². The fraction of sp³-hybridized carbons (Fsp3) is 0.391. The van der Waals surface area contributed by atoms with Gasteiger partial charge in [0.05, 0.1) is 28.8 Å². The third-order valence-electron chi connectivity index (χ3n) is 6.28. The van der Waals surface area contributed by atoms with Crippen molar-refractivity contribution in [2.75, 3.05) is 4.72 Å². The zero-order valence-corrected chi connectivity index (χ0v) is 18.7. The number of rotatable bonds is 5. The highest BCUT2D eigenvalue weighted by Gasteiger charge is 2.47. The van der Waals surface area contributed by atoms with Crippen molar-refractivity contribution in [2.45, 2.75) is 50.2 Å². The molecule has 1 heterocycles. The Labute approximate surface area is 189 Å². The average molecular weight is 481 g/mol. The molecule has 0 spiro atoms. The van der Waals surface area contributed by atoms with E-state index in [1.54, 1.807) is 19.1 Å². The molecule has 10 heteroatoms. The van der Waals surface area contributed by atoms with Crippen LogP contribution in [0, 0.1) is 18.8 Å². The van der Waals surface area contributed by atoms with Gasteiger partial charge >= 0.3 is 6.18 Å². The van der Waals surface area contributed by atoms with E-state index in [1.165, 1.54) is 11.0 Å². The van der Waals surface area contributed by atoms with Gasteiger partial charge in [-0.2, -0.15) is 13.2 Å². The number of nitrogens with zero attached hydrogens (tertiary/aromatic N) is 1. The van der Waals surface area contributed by atoms with Gasteiger partial charge in [-0.1, -0.05) is 25.0 Å². The molecule has 2 atom stereocenters. The van der Waals surface area contributed by atoms with Crippen LogP contribution in [0.25, 0.3) is 0 Å². The first-order chi connectivity index (χ1) is 15.5. The third-order valence-corrected chi connectivity index (χ3v) is 7.80. The summed E-state index contributed by atoms with van der Waals surface area (Å²) in [5, 5.41) is 0. The number of imide groups is 1. The molecule has 1 N–H and O–H groups in total. The molecule has 1 saturated heterocycles. The Balaban J connectivity index is 1.55. The molecule has 176 valence electrons. The molecule has 2 aliphatic rings. The highest BCUT2D eigenvalue weighted by atomic mass is 32.2. The number of sulfonamides is 1. The predicted octanol–water partition coefficient (Wildman–Crippen LogP) is 4.49. The van der Waals surface area contributed by atoms with Gasteiger partial charge in [-0.15, -0.1) is 0 Å². The van der Waals surface area contributed by atoms with Crippen LogP contribution < -0.4 is 4.72 Å². The number of hydrogen-bond donors (Lipinski definition) is 1. The molecule has 2 aromatic rings. The summed E-state index contributed by atoms with van der Waals surface area (Å²) in [6.45, 7) is 1.57. The van der Waals surface area contributed by atoms with Crippen molar-refractivity contribution in [1.82, 2.24) is 4.90 Å². The minimum absolute atomic E-state index is 0.0122. The maximum absolute atomic E-state index is 12.9. The fourth-order valence-corrected chi connectivity index (χ4v) is 5.89. The van der Waals surface area contributed by atoms with Gasteiger partial charge < -0.3 is 0 Å². The normalized spacial score (nSPS) is 21.3. The summed E-state index contributed by atoms with van der Waals surface area (Å²) in [7, 11) is -4.12. The number of fused-ring (bicyclic) bond motifs is 1. The van der Waals surface area contributed by atoms with E-state index in [9.17, 15) is 31.2 Å². The van der Waals surface area contributed by atoms with Gasteiger partial charge in [0.2, 0.25) is 11.8 Å². The predicted molar refractivity (Wildman–Crippen MR) is 114 cm³/mol. The van der Waals surface area contributed by atoms with Gasteiger partial charge in [-0.25, -0.2) is 8.42 Å². The monoisotopic (exact) mass is 480 g/mol. The number of benzene rings is 2. The number of carbonyl (C=O) groups excluding carboxylic acids is 2. The van der Waals surface area contributed by atoms with Crippen molar-refractivity contribution < 1.29 is 31.2 Å². The molecule has 33 heavy (non-hydrogen) atoms. The zero-order valence-electron chi connectivity index (χ0n) is 17.9. The van der Waals surface area contributed by atoms with E-state index in [2.05, 4.69) is 4.72 Å². The first-order valence-corrected chi connectivity index (χ1v) is 12.1. The lowest BCUT2D eigenvalue weighted by Crippen LogP contribution is -2.30. The SMILES string of the molecule is Cc1ccc(CN2C(=O)[C@H]3CCCC[C@H]3C2=O)cc1S(=O)(=O)Nc1ccc(C(F)(F)F)cc1. The van der Waals surface area contributed by atoms with Crippen LogP contribution in [0.2, 0.25) is 0 Å². The van der Waals surface area contributed by atoms with Crippen molar-refractivity contribution in [3.05, 3.63) is 59.2 Å². The second-order valence-corrected chi connectivity index (χ2v) is 10.2. The van der Waals surface area contributed by atoms with Crippen LogP contribution in [-0.2, 0) is 32.3 Å². The van der Waals surface area contributed by atoms with E-state index >= 15 is 0 Å². The summed E-state index contributed by atoms with van der Waals surface area (Å²) < 4.78 is 66.4. The maximum atomic E-state index is 12.9. The number of alkyl halides is 3. The van der Waals surface area contributed by atoms with E-state index in [-0.39, 0.29) is 40.8 Å². The smallest absolute Gasteiger partial charge is 0.280 e. The molecule has 1 saturated carbocycles. The van der Waals surface area contributed by atoms with Crippen molar-refractivity contribution in [1.29, 1.82) is 0 Å². The summed E-state index contributed by atoms with van der Waals surface area (Å²) in [6, 6.07) is 8.32. The van der Waals surface area contributed by atoms with Crippen molar-refractivity contribution in [3.8, 4) is 0 Å². The van der Waals surface area contributed by atoms with Gasteiger partial charge in [-0.05, 0) is 61.2 Å². The number of aryl methyl sites for hydroxylation is 1. The van der Waals surface area contributed by atoms with Gasteiger partial charge in [0, 0.05) is 5.69 Å². The van der Waals surface area contributed by atoms with E-state index in [4.69, 9.17) is 0 Å². The first kappa shape index (κ1) is 23.3. The number of likely N-dealkylation sites (tertiary alicyclic amines) is 1. The number of halogens is 3. The van der Waals surface area contributed by atoms with Crippen molar-refractivity contribution in [3.63, 3.8) is 0 Å². The van der Waals surface area contributed by atoms with E-state index < -0.39 is 21.8 Å². The molecule has 2 aromatic carbocycles. The van der Waals surface area contributed by atoms with E-state index in [0.29, 0.717) is 24.0 Å². The van der Waals surface area contributed by atoms with Crippen molar-refractivity contribution in [2.24, 2.45) is 11.8 Å². The Bertz CT molecular complexity index is 1170. The van der Waals surface area contributed by atoms with Crippen LogP contribution in [0.15, 0.2) is 47.4 Å². The first-order valence-electron chi connectivity index (χ1n) is 10.6. The molecule has 0 aromatic heterocycles. The minimum atomic E-state index is -4.52. The van der Waals surface area contributed by atoms with E-state index in [1.807, 2.05) is 0 Å². The topological polar surface area (TPSA) is 83.6 Å². The van der Waals surface area contributed by atoms with Gasteiger partial charge in [0.25, 0.3) is 10.0 Å². The molecule has 0 bridgehead atoms. The van der Waals surface area contributed by atoms with Crippen LogP contribution in [0.1, 0.15) is 42.4 Å². The Morgan fingerprint density at radius 3 is 2.09 bits per heavy atom. The molecular weight excluding hydrogens is 457 g/mol. The lowest BCUT2D eigenvalue weighted by atomic mass is 9.81. The lowest BCUT2D eigenvalue weighted by Gasteiger charge is -2.19. The second-order valence-electron chi connectivity index (χ2n) is 8.54. The number of anilines is 1. The van der Waals surface area contributed by atoms with Crippen LogP contribution in [0.4, 0.5) is 18.9 Å². The van der Waals surface area contributed by atoms with Gasteiger partial charge in [0.1, 0.15) is 0 Å². The highest BCUT2D eigenvalue weighted by Crippen LogP contribution is 2.39. The summed E-state index contributed by atoms with van der Waals surface area (Å²) >= 11 is 0. The molecule has 2 fully saturated rings. The molecule has 1 aliphatic heterocycles. The molecule has 4 rings (SSSR count). The Morgan fingerprint density at radius 1 is 0.970 bits per heavy atom. The molecule has 0 unspecified atom stereocenters. The molecule has 6 nitrogen and oxygen atoms in total. The largest absolute Gasteiger partial charge is 0.416 e. The average Bonchev–Trinajstić information content (AvgIpc) is 2.99. The second kappa shape index (κ2) is 8.48. The highest BCUT2D eigenvalue weighted by molar-refractivity contribution is 7.92. The van der Waals surface area contributed by atoms with Crippen LogP contribution in [0.5, 0.6) is 0 Å². The van der Waals surface area contributed by atoms with E-state index in [0.717, 1.165) is 37.1 Å². The molecule has 0 radical (unpaired) electrons. The lowest BCUT2D eigenvalue weighted by molar-refractivity contribution is -0.141. The summed E-state index contributed by atoms with van der Waals surface area (Å²) in [5.41, 5.74) is 0.00515. The summed E-state index contributed by atoms with van der Waals surface area (Å²) in [5.74, 6) is -1.00. The zero-order chi connectivity index (χ0) is 24.0. The summed E-state index contributed by atoms with van der Waals surface area (Å²) in [4.78, 5) is 26.6. The quantitative estimate of drug-likeness (QED) is 0.640. The fourth-order valence-electron chi connectivity index (χ4n) is 4.54. The molecular formula is C23H23F3N2O4S. The van der Waals surface area contributed by atoms with Gasteiger partial charge in [0.15, 0.2) is 0 Å². The molecule has 2 amide bonds.